The van der Waals surface area contributed by atoms with Gasteiger partial charge in [-0.25, -0.2) is 4.98 Å². The monoisotopic (exact) mass is 652 g/mol. The predicted octanol–water partition coefficient (Wildman–Crippen LogP) is 8.22. The van der Waals surface area contributed by atoms with Crippen LogP contribution in [0.3, 0.4) is 0 Å². The van der Waals surface area contributed by atoms with E-state index in [1.807, 2.05) is 56.3 Å². The molecule has 7 nitrogen and oxygen atoms in total. The van der Waals surface area contributed by atoms with E-state index >= 15 is 0 Å². The van der Waals surface area contributed by atoms with Gasteiger partial charge in [0.25, 0.3) is 11.8 Å². The van der Waals surface area contributed by atoms with E-state index in [2.05, 4.69) is 20.9 Å². The molecule has 0 fully saturated rings. The van der Waals surface area contributed by atoms with Crippen molar-refractivity contribution in [3.63, 3.8) is 0 Å². The number of nitrogens with zero attached hydrogens (tertiary/aromatic N) is 1. The molecule has 10 heteroatoms. The molecule has 4 aromatic carbocycles. The van der Waals surface area contributed by atoms with Crippen molar-refractivity contribution in [1.29, 1.82) is 0 Å². The Kier molecular flexibility index (Phi) is 10.5. The first-order chi connectivity index (χ1) is 21.7. The van der Waals surface area contributed by atoms with Gasteiger partial charge in [-0.3, -0.25) is 14.4 Å². The first kappa shape index (κ1) is 31.7. The minimum atomic E-state index is -0.511. The maximum atomic E-state index is 13.3. The van der Waals surface area contributed by atoms with E-state index in [1.165, 1.54) is 34.7 Å². The summed E-state index contributed by atoms with van der Waals surface area (Å²) < 4.78 is 0. The second-order valence-corrected chi connectivity index (χ2v) is 12.7. The summed E-state index contributed by atoms with van der Waals surface area (Å²) in [4.78, 5) is 45.3. The highest BCUT2D eigenvalue weighted by atomic mass is 35.5. The third-order valence-electron chi connectivity index (χ3n) is 6.58. The number of aromatic nitrogens is 1. The molecule has 3 amide bonds. The molecular weight excluding hydrogens is 624 g/mol. The predicted molar refractivity (Wildman–Crippen MR) is 185 cm³/mol. The van der Waals surface area contributed by atoms with Gasteiger partial charge in [-0.15, -0.1) is 23.1 Å². The SMILES string of the molecule is Cc1ccc(-c2nc(NC(=O)CSc3ccc(NC(=O)/C(=C/c4ccccc4Cl)NC(=O)c4ccccc4)cc3)sc2C)cc1. The number of hydrogen-bond acceptors (Lipinski definition) is 6. The fourth-order valence-corrected chi connectivity index (χ4v) is 6.00. The number of thioether (sulfide) groups is 1. The van der Waals surface area contributed by atoms with Crippen molar-refractivity contribution in [2.24, 2.45) is 0 Å². The van der Waals surface area contributed by atoms with Crippen molar-refractivity contribution in [3.8, 4) is 11.3 Å². The number of carbonyl (C=O) groups is 3. The topological polar surface area (TPSA) is 100 Å². The van der Waals surface area contributed by atoms with Crippen LogP contribution in [0.25, 0.3) is 17.3 Å². The van der Waals surface area contributed by atoms with Crippen molar-refractivity contribution < 1.29 is 14.4 Å². The highest BCUT2D eigenvalue weighted by Gasteiger charge is 2.16. The average molecular weight is 653 g/mol. The van der Waals surface area contributed by atoms with Crippen LogP contribution in [0.4, 0.5) is 10.8 Å². The smallest absolute Gasteiger partial charge is 0.272 e. The normalized spacial score (nSPS) is 11.1. The lowest BCUT2D eigenvalue weighted by molar-refractivity contribution is -0.114. The number of rotatable bonds is 10. The largest absolute Gasteiger partial charge is 0.321 e. The van der Waals surface area contributed by atoms with Gasteiger partial charge < -0.3 is 16.0 Å². The van der Waals surface area contributed by atoms with E-state index in [9.17, 15) is 14.4 Å². The van der Waals surface area contributed by atoms with Crippen LogP contribution in [-0.2, 0) is 9.59 Å². The first-order valence-electron chi connectivity index (χ1n) is 14.0. The maximum absolute atomic E-state index is 13.3. The van der Waals surface area contributed by atoms with Gasteiger partial charge in [0.05, 0.1) is 11.4 Å². The van der Waals surface area contributed by atoms with Gasteiger partial charge >= 0.3 is 0 Å². The number of thiazole rings is 1. The molecule has 1 aromatic heterocycles. The van der Waals surface area contributed by atoms with E-state index in [-0.39, 0.29) is 17.4 Å². The number of amides is 3. The maximum Gasteiger partial charge on any atom is 0.272 e. The van der Waals surface area contributed by atoms with Gasteiger partial charge in [0.1, 0.15) is 5.70 Å². The molecule has 0 aliphatic carbocycles. The van der Waals surface area contributed by atoms with Crippen molar-refractivity contribution in [1.82, 2.24) is 10.3 Å². The van der Waals surface area contributed by atoms with Crippen molar-refractivity contribution in [3.05, 3.63) is 135 Å². The number of nitrogens with one attached hydrogen (secondary N) is 3. The van der Waals surface area contributed by atoms with Crippen LogP contribution >= 0.6 is 34.7 Å². The zero-order valence-electron chi connectivity index (χ0n) is 24.5. The van der Waals surface area contributed by atoms with E-state index in [0.717, 1.165) is 21.0 Å². The lowest BCUT2D eigenvalue weighted by atomic mass is 10.1. The third-order valence-corrected chi connectivity index (χ3v) is 8.83. The summed E-state index contributed by atoms with van der Waals surface area (Å²) in [7, 11) is 0. The Balaban J connectivity index is 1.20. The van der Waals surface area contributed by atoms with Gasteiger partial charge in [-0.05, 0) is 68.0 Å². The van der Waals surface area contributed by atoms with Crippen LogP contribution in [0.1, 0.15) is 26.4 Å². The molecule has 0 saturated heterocycles. The van der Waals surface area contributed by atoms with E-state index < -0.39 is 11.8 Å². The number of anilines is 2. The minimum absolute atomic E-state index is 0.0371. The van der Waals surface area contributed by atoms with Crippen molar-refractivity contribution in [2.45, 2.75) is 18.7 Å². The number of benzene rings is 4. The molecule has 0 bridgehead atoms. The lowest BCUT2D eigenvalue weighted by Crippen LogP contribution is -2.30. The molecule has 0 aliphatic heterocycles. The van der Waals surface area contributed by atoms with Crippen molar-refractivity contribution >= 4 is 69.3 Å². The molecule has 0 aliphatic rings. The Hall–Kier alpha value is -4.70. The highest BCUT2D eigenvalue weighted by molar-refractivity contribution is 8.00. The molecule has 0 spiro atoms. The van der Waals surface area contributed by atoms with E-state index in [0.29, 0.717) is 27.0 Å². The summed E-state index contributed by atoms with van der Waals surface area (Å²) >= 11 is 9.13. The van der Waals surface area contributed by atoms with E-state index in [4.69, 9.17) is 11.6 Å². The van der Waals surface area contributed by atoms with Crippen molar-refractivity contribution in [2.75, 3.05) is 16.4 Å². The van der Waals surface area contributed by atoms with Crippen LogP contribution in [0.15, 0.2) is 114 Å². The first-order valence-corrected chi connectivity index (χ1v) is 16.1. The summed E-state index contributed by atoms with van der Waals surface area (Å²) in [6.07, 6.45) is 1.54. The van der Waals surface area contributed by atoms with Gasteiger partial charge in [0.15, 0.2) is 5.13 Å². The van der Waals surface area contributed by atoms with Crippen LogP contribution in [0.5, 0.6) is 0 Å². The Morgan fingerprint density at radius 2 is 1.53 bits per heavy atom. The molecule has 1 heterocycles. The summed E-state index contributed by atoms with van der Waals surface area (Å²) in [6, 6.07) is 30.9. The molecule has 5 aromatic rings. The summed E-state index contributed by atoms with van der Waals surface area (Å²) in [5.74, 6) is -0.901. The summed E-state index contributed by atoms with van der Waals surface area (Å²) in [5.41, 5.74) is 4.62. The molecule has 0 atom stereocenters. The number of aryl methyl sites for hydroxylation is 2. The molecule has 45 heavy (non-hydrogen) atoms. The fraction of sp³-hybridized carbons (Fsp3) is 0.0857. The summed E-state index contributed by atoms with van der Waals surface area (Å²) in [5, 5.41) is 9.44. The van der Waals surface area contributed by atoms with Crippen LogP contribution in [0, 0.1) is 13.8 Å². The molecule has 0 radical (unpaired) electrons. The van der Waals surface area contributed by atoms with Gasteiger partial charge in [0, 0.05) is 31.6 Å². The quantitative estimate of drug-likeness (QED) is 0.104. The molecule has 226 valence electrons. The lowest BCUT2D eigenvalue weighted by Gasteiger charge is -2.12. The average Bonchev–Trinajstić information content (AvgIpc) is 3.41. The number of hydrogen-bond donors (Lipinski definition) is 3. The molecule has 0 unspecified atom stereocenters. The standard InChI is InChI=1S/C35H29ClN4O3S2/c1-22-12-14-24(15-13-22)32-23(2)45-35(40-32)39-31(41)21-44-28-18-16-27(17-19-28)37-34(43)30(20-26-10-6-7-11-29(26)36)38-33(42)25-8-4-3-5-9-25/h3-20H,21H2,1-2H3,(H,37,43)(H,38,42)(H,39,40,41)/b30-20-. The Morgan fingerprint density at radius 3 is 2.24 bits per heavy atom. The molecule has 3 N–H and O–H groups in total. The minimum Gasteiger partial charge on any atom is -0.321 e. The third kappa shape index (κ3) is 8.69. The van der Waals surface area contributed by atoms with E-state index in [1.54, 1.807) is 60.7 Å². The van der Waals surface area contributed by atoms with Crippen LogP contribution in [-0.4, -0.2) is 28.5 Å². The second kappa shape index (κ2) is 14.9. The number of carbonyl (C=O) groups excluding carboxylic acids is 3. The molecular formula is C35H29ClN4O3S2. The Morgan fingerprint density at radius 1 is 0.844 bits per heavy atom. The second-order valence-electron chi connectivity index (χ2n) is 10.0. The zero-order chi connectivity index (χ0) is 31.8. The Bertz CT molecular complexity index is 1850. The van der Waals surface area contributed by atoms with Gasteiger partial charge in [-0.2, -0.15) is 0 Å². The highest BCUT2D eigenvalue weighted by Crippen LogP contribution is 2.31. The fourth-order valence-electron chi connectivity index (χ4n) is 4.26. The van der Waals surface area contributed by atoms with Crippen LogP contribution < -0.4 is 16.0 Å². The summed E-state index contributed by atoms with van der Waals surface area (Å²) in [6.45, 7) is 4.03. The zero-order valence-corrected chi connectivity index (χ0v) is 26.9. The molecule has 0 saturated carbocycles. The number of halogens is 1. The van der Waals surface area contributed by atoms with Crippen LogP contribution in [0.2, 0.25) is 5.02 Å². The Labute approximate surface area is 274 Å². The van der Waals surface area contributed by atoms with Gasteiger partial charge in [0.2, 0.25) is 5.91 Å². The molecule has 5 rings (SSSR count). The van der Waals surface area contributed by atoms with Gasteiger partial charge in [-0.1, -0.05) is 77.8 Å².